The second-order valence-electron chi connectivity index (χ2n) is 4.68. The molecule has 0 radical (unpaired) electrons. The summed E-state index contributed by atoms with van der Waals surface area (Å²) in [6, 6.07) is 10.5. The number of benzene rings is 2. The highest BCUT2D eigenvalue weighted by atomic mass is 35.5. The zero-order valence-corrected chi connectivity index (χ0v) is 12.7. The first-order valence-corrected chi connectivity index (χ1v) is 7.07. The predicted molar refractivity (Wildman–Crippen MR) is 84.7 cm³/mol. The van der Waals surface area contributed by atoms with Crippen molar-refractivity contribution >= 4 is 40.9 Å². The molecule has 3 nitrogen and oxygen atoms in total. The fourth-order valence-corrected chi connectivity index (χ4v) is 2.86. The molecule has 2 aromatic rings. The summed E-state index contributed by atoms with van der Waals surface area (Å²) < 4.78 is 5.12. The van der Waals surface area contributed by atoms with E-state index in [0.717, 1.165) is 11.3 Å². The van der Waals surface area contributed by atoms with Crippen molar-refractivity contribution in [3.63, 3.8) is 0 Å². The number of rotatable bonds is 2. The molecule has 0 fully saturated rings. The smallest absolute Gasteiger partial charge is 0.177 e. The van der Waals surface area contributed by atoms with Crippen molar-refractivity contribution in [1.29, 1.82) is 0 Å². The number of hydrogen-bond acceptors (Lipinski definition) is 3. The molecule has 1 unspecified atom stereocenters. The van der Waals surface area contributed by atoms with Crippen LogP contribution in [0.5, 0.6) is 5.75 Å². The molecule has 0 aliphatic carbocycles. The Morgan fingerprint density at radius 1 is 1.14 bits per heavy atom. The summed E-state index contributed by atoms with van der Waals surface area (Å²) in [7, 11) is 1.60. The molecular weight excluding hydrogens is 309 g/mol. The lowest BCUT2D eigenvalue weighted by Crippen LogP contribution is -2.18. The van der Waals surface area contributed by atoms with E-state index in [1.54, 1.807) is 25.5 Å². The van der Waals surface area contributed by atoms with Gasteiger partial charge in [0.15, 0.2) is 5.78 Å². The van der Waals surface area contributed by atoms with Crippen molar-refractivity contribution in [3.8, 4) is 5.75 Å². The van der Waals surface area contributed by atoms with E-state index in [1.165, 1.54) is 0 Å². The van der Waals surface area contributed by atoms with Crippen LogP contribution < -0.4 is 4.74 Å². The molecule has 0 saturated carbocycles. The van der Waals surface area contributed by atoms with Gasteiger partial charge >= 0.3 is 0 Å². The molecule has 0 bridgehead atoms. The number of Topliss-reactive ketones (excluding diaryl/α,β-unsaturated/α-hetero) is 1. The Kier molecular flexibility index (Phi) is 3.70. The van der Waals surface area contributed by atoms with Gasteiger partial charge in [0.2, 0.25) is 0 Å². The Morgan fingerprint density at radius 2 is 1.86 bits per heavy atom. The molecule has 5 heteroatoms. The van der Waals surface area contributed by atoms with Gasteiger partial charge in [0, 0.05) is 16.8 Å². The lowest BCUT2D eigenvalue weighted by Gasteiger charge is -2.19. The monoisotopic (exact) mass is 319 g/mol. The summed E-state index contributed by atoms with van der Waals surface area (Å²) >= 11 is 12.1. The van der Waals surface area contributed by atoms with E-state index in [0.29, 0.717) is 21.3 Å². The molecule has 1 heterocycles. The first kappa shape index (κ1) is 14.1. The Bertz CT molecular complexity index is 739. The molecule has 2 aromatic carbocycles. The maximum Gasteiger partial charge on any atom is 0.177 e. The van der Waals surface area contributed by atoms with Crippen LogP contribution in [0.15, 0.2) is 41.4 Å². The number of carbonyl (C=O) groups is 1. The van der Waals surface area contributed by atoms with Crippen LogP contribution in [0.2, 0.25) is 10.0 Å². The topological polar surface area (TPSA) is 38.7 Å². The second-order valence-corrected chi connectivity index (χ2v) is 5.52. The number of halogens is 2. The van der Waals surface area contributed by atoms with E-state index < -0.39 is 5.92 Å². The first-order chi connectivity index (χ1) is 10.1. The molecule has 1 aliphatic rings. The number of carbonyl (C=O) groups excluding carboxylic acids is 1. The zero-order valence-electron chi connectivity index (χ0n) is 11.1. The molecule has 1 atom stereocenters. The quantitative estimate of drug-likeness (QED) is 0.805. The summed E-state index contributed by atoms with van der Waals surface area (Å²) in [6.07, 6.45) is 1.62. The Labute approximate surface area is 132 Å². The van der Waals surface area contributed by atoms with Gasteiger partial charge in [-0.3, -0.25) is 9.79 Å². The average Bonchev–Trinajstić information content (AvgIpc) is 2.48. The number of ether oxygens (including phenoxy) is 1. The third kappa shape index (κ3) is 2.55. The largest absolute Gasteiger partial charge is 0.497 e. The number of hydrogen-bond donors (Lipinski definition) is 0. The summed E-state index contributed by atoms with van der Waals surface area (Å²) in [5.41, 5.74) is 1.79. The zero-order chi connectivity index (χ0) is 15.0. The predicted octanol–water partition coefficient (Wildman–Crippen LogP) is 4.68. The third-order valence-electron chi connectivity index (χ3n) is 3.40. The highest BCUT2D eigenvalue weighted by Gasteiger charge is 2.28. The SMILES string of the molecule is COc1ccc(C2C=Nc3c(Cl)cc(Cl)cc3C2=O)cc1. The van der Waals surface area contributed by atoms with Gasteiger partial charge < -0.3 is 4.74 Å². The molecule has 21 heavy (non-hydrogen) atoms. The summed E-state index contributed by atoms with van der Waals surface area (Å²) in [4.78, 5) is 17.0. The van der Waals surface area contributed by atoms with Crippen molar-refractivity contribution in [2.45, 2.75) is 5.92 Å². The number of methoxy groups -OCH3 is 1. The Balaban J connectivity index is 2.02. The molecule has 3 rings (SSSR count). The van der Waals surface area contributed by atoms with E-state index >= 15 is 0 Å². The minimum absolute atomic E-state index is 0.0606. The van der Waals surface area contributed by atoms with E-state index in [2.05, 4.69) is 4.99 Å². The number of ketones is 1. The summed E-state index contributed by atoms with van der Waals surface area (Å²) in [6.45, 7) is 0. The van der Waals surface area contributed by atoms with Gasteiger partial charge in [-0.25, -0.2) is 0 Å². The highest BCUT2D eigenvalue weighted by molar-refractivity contribution is 6.38. The fraction of sp³-hybridized carbons (Fsp3) is 0.125. The molecule has 0 N–H and O–H groups in total. The lowest BCUT2D eigenvalue weighted by molar-refractivity contribution is 0.0983. The standard InChI is InChI=1S/C16H11Cl2NO2/c1-21-11-4-2-9(3-5-11)13-8-19-15-12(16(13)20)6-10(17)7-14(15)18/h2-8,13H,1H3. The maximum atomic E-state index is 12.6. The normalized spacial score (nSPS) is 16.7. The molecular formula is C16H11Cl2NO2. The van der Waals surface area contributed by atoms with E-state index in [9.17, 15) is 4.79 Å². The third-order valence-corrected chi connectivity index (χ3v) is 3.91. The van der Waals surface area contributed by atoms with Gasteiger partial charge in [-0.05, 0) is 29.8 Å². The first-order valence-electron chi connectivity index (χ1n) is 6.31. The Morgan fingerprint density at radius 3 is 2.52 bits per heavy atom. The maximum absolute atomic E-state index is 12.6. The molecule has 0 spiro atoms. The summed E-state index contributed by atoms with van der Waals surface area (Å²) in [5, 5.41) is 0.813. The van der Waals surface area contributed by atoms with Crippen molar-refractivity contribution in [2.75, 3.05) is 7.11 Å². The highest BCUT2D eigenvalue weighted by Crippen LogP contribution is 2.38. The van der Waals surface area contributed by atoms with Gasteiger partial charge in [0.1, 0.15) is 5.75 Å². The van der Waals surface area contributed by atoms with E-state index in [1.807, 2.05) is 24.3 Å². The van der Waals surface area contributed by atoms with E-state index in [-0.39, 0.29) is 5.78 Å². The molecule has 0 saturated heterocycles. The van der Waals surface area contributed by atoms with Crippen LogP contribution in [0.1, 0.15) is 21.8 Å². The minimum Gasteiger partial charge on any atom is -0.497 e. The van der Waals surface area contributed by atoms with Gasteiger partial charge in [0.05, 0.1) is 23.7 Å². The van der Waals surface area contributed by atoms with Crippen molar-refractivity contribution in [1.82, 2.24) is 0 Å². The number of nitrogens with zero attached hydrogens (tertiary/aromatic N) is 1. The van der Waals surface area contributed by atoms with Crippen molar-refractivity contribution in [2.24, 2.45) is 4.99 Å². The molecule has 0 aromatic heterocycles. The van der Waals surface area contributed by atoms with Crippen LogP contribution in [0.25, 0.3) is 0 Å². The summed E-state index contributed by atoms with van der Waals surface area (Å²) in [5.74, 6) is 0.248. The van der Waals surface area contributed by atoms with Gasteiger partial charge in [-0.1, -0.05) is 35.3 Å². The Hall–Kier alpha value is -1.84. The minimum atomic E-state index is -0.432. The fourth-order valence-electron chi connectivity index (χ4n) is 2.32. The number of aliphatic imine (C=N–C) groups is 1. The average molecular weight is 320 g/mol. The van der Waals surface area contributed by atoms with Crippen LogP contribution in [-0.2, 0) is 0 Å². The van der Waals surface area contributed by atoms with Crippen LogP contribution in [0.3, 0.4) is 0 Å². The van der Waals surface area contributed by atoms with Gasteiger partial charge in [0.25, 0.3) is 0 Å². The number of fused-ring (bicyclic) bond motifs is 1. The molecule has 1 aliphatic heterocycles. The van der Waals surface area contributed by atoms with Gasteiger partial charge in [-0.15, -0.1) is 0 Å². The van der Waals surface area contributed by atoms with Crippen LogP contribution >= 0.6 is 23.2 Å². The van der Waals surface area contributed by atoms with Crippen molar-refractivity contribution < 1.29 is 9.53 Å². The van der Waals surface area contributed by atoms with E-state index in [4.69, 9.17) is 27.9 Å². The molecule has 106 valence electrons. The molecule has 0 amide bonds. The van der Waals surface area contributed by atoms with Crippen molar-refractivity contribution in [3.05, 3.63) is 57.6 Å². The lowest BCUT2D eigenvalue weighted by atomic mass is 9.89. The van der Waals surface area contributed by atoms with Gasteiger partial charge in [-0.2, -0.15) is 0 Å². The van der Waals surface area contributed by atoms with Crippen LogP contribution in [0, 0.1) is 0 Å². The van der Waals surface area contributed by atoms with Crippen LogP contribution in [0.4, 0.5) is 5.69 Å². The second kappa shape index (κ2) is 5.51. The van der Waals surface area contributed by atoms with Crippen LogP contribution in [-0.4, -0.2) is 19.1 Å².